The van der Waals surface area contributed by atoms with Crippen LogP contribution in [0.15, 0.2) is 11.2 Å². The van der Waals surface area contributed by atoms with Gasteiger partial charge < -0.3 is 9.31 Å². The predicted molar refractivity (Wildman–Crippen MR) is 29.9 cm³/mol. The highest BCUT2D eigenvalue weighted by atomic mass is 32.1. The van der Waals surface area contributed by atoms with Gasteiger partial charge in [0.1, 0.15) is 5.76 Å². The second kappa shape index (κ2) is 2.28. The molecule has 1 fully saturated rings. The average molecular weight is 115 g/mol. The summed E-state index contributed by atoms with van der Waals surface area (Å²) in [5.74, 6) is 0.753. The zero-order valence-corrected chi connectivity index (χ0v) is 4.52. The van der Waals surface area contributed by atoms with E-state index in [2.05, 4.69) is 17.3 Å². The van der Waals surface area contributed by atoms with E-state index >= 15 is 0 Å². The van der Waals surface area contributed by atoms with Crippen LogP contribution in [-0.2, 0) is 9.31 Å². The normalized spacial score (nSPS) is 24.4. The first kappa shape index (κ1) is 5.06. The summed E-state index contributed by atoms with van der Waals surface area (Å²) in [5, 5.41) is 1.57. The lowest BCUT2D eigenvalue weighted by molar-refractivity contribution is 0.399. The molecular formula is C3H4BO2S. The molecular weight excluding hydrogens is 111 g/mol. The van der Waals surface area contributed by atoms with Crippen LogP contribution in [0.2, 0.25) is 0 Å². The van der Waals surface area contributed by atoms with Crippen LogP contribution in [0.5, 0.6) is 0 Å². The summed E-state index contributed by atoms with van der Waals surface area (Å²) in [6.45, 7) is 0.517. The van der Waals surface area contributed by atoms with Crippen LogP contribution in [0, 0.1) is 0 Å². The summed E-state index contributed by atoms with van der Waals surface area (Å²) in [7, 11) is 1.29. The van der Waals surface area contributed by atoms with Gasteiger partial charge in [-0.1, -0.05) is 0 Å². The second-order valence-electron chi connectivity index (χ2n) is 1.12. The molecule has 0 bridgehead atoms. The Balaban J connectivity index is 2.41. The van der Waals surface area contributed by atoms with Gasteiger partial charge in [0.25, 0.3) is 0 Å². The summed E-state index contributed by atoms with van der Waals surface area (Å²) < 4.78 is 9.42. The van der Waals surface area contributed by atoms with E-state index in [4.69, 9.17) is 4.65 Å². The van der Waals surface area contributed by atoms with Crippen LogP contribution < -0.4 is 0 Å². The van der Waals surface area contributed by atoms with E-state index in [9.17, 15) is 0 Å². The Morgan fingerprint density at radius 2 is 2.71 bits per heavy atom. The van der Waals surface area contributed by atoms with Crippen molar-refractivity contribution >= 4 is 20.3 Å². The number of hydrogen-bond acceptors (Lipinski definition) is 3. The molecule has 0 unspecified atom stereocenters. The Labute approximate surface area is 48.2 Å². The summed E-state index contributed by atoms with van der Waals surface area (Å²) in [4.78, 5) is 0. The summed E-state index contributed by atoms with van der Waals surface area (Å²) in [6.07, 6.45) is 0. The van der Waals surface area contributed by atoms with E-state index in [0.717, 1.165) is 5.76 Å². The summed E-state index contributed by atoms with van der Waals surface area (Å²) in [6, 6.07) is 0. The number of rotatable bonds is 0. The second-order valence-corrected chi connectivity index (χ2v) is 1.38. The Morgan fingerprint density at radius 3 is 3.00 bits per heavy atom. The minimum atomic E-state index is 0.517. The Bertz CT molecular complexity index is 84.9. The molecule has 0 atom stereocenters. The molecule has 0 N–H and O–H groups in total. The molecule has 0 aromatic carbocycles. The van der Waals surface area contributed by atoms with Crippen LogP contribution in [-0.4, -0.2) is 14.3 Å². The molecule has 0 amide bonds. The molecule has 1 aliphatic rings. The zero-order valence-electron chi connectivity index (χ0n) is 3.63. The van der Waals surface area contributed by atoms with Gasteiger partial charge in [0.2, 0.25) is 0 Å². The van der Waals surface area contributed by atoms with E-state index in [1.54, 1.807) is 5.41 Å². The molecule has 1 saturated heterocycles. The lowest BCUT2D eigenvalue weighted by Gasteiger charge is -1.87. The van der Waals surface area contributed by atoms with Crippen LogP contribution in [0.1, 0.15) is 0 Å². The third-order valence-corrected chi connectivity index (χ3v) is 0.925. The molecule has 0 spiro atoms. The van der Waals surface area contributed by atoms with Crippen molar-refractivity contribution in [2.75, 3.05) is 6.61 Å². The molecule has 0 aliphatic carbocycles. The maximum atomic E-state index is 4.74. The minimum absolute atomic E-state index is 0.517. The molecule has 0 saturated carbocycles. The monoisotopic (exact) mass is 115 g/mol. The molecule has 0 aromatic rings. The van der Waals surface area contributed by atoms with Crippen LogP contribution in [0.3, 0.4) is 0 Å². The fourth-order valence-electron chi connectivity index (χ4n) is 0.314. The third kappa shape index (κ3) is 1.14. The zero-order chi connectivity index (χ0) is 5.11. The maximum Gasteiger partial charge on any atom is 0.572 e. The van der Waals surface area contributed by atoms with E-state index in [-0.39, 0.29) is 0 Å². The van der Waals surface area contributed by atoms with E-state index < -0.39 is 0 Å². The smallest absolute Gasteiger partial charge is 0.538 e. The van der Waals surface area contributed by atoms with E-state index in [1.807, 2.05) is 0 Å². The van der Waals surface area contributed by atoms with Crippen molar-refractivity contribution in [3.05, 3.63) is 11.2 Å². The SMILES string of the molecule is SC=C1CO[B]O1. The first-order chi connectivity index (χ1) is 3.43. The topological polar surface area (TPSA) is 18.5 Å². The fraction of sp³-hybridized carbons (Fsp3) is 0.333. The van der Waals surface area contributed by atoms with Gasteiger partial charge in [-0.15, -0.1) is 12.6 Å². The van der Waals surface area contributed by atoms with Crippen molar-refractivity contribution in [3.8, 4) is 0 Å². The van der Waals surface area contributed by atoms with Crippen LogP contribution >= 0.6 is 12.6 Å². The van der Waals surface area contributed by atoms with Gasteiger partial charge in [0.05, 0.1) is 6.61 Å². The van der Waals surface area contributed by atoms with Gasteiger partial charge in [0, 0.05) is 5.41 Å². The molecule has 0 aromatic heterocycles. The molecule has 37 valence electrons. The lowest BCUT2D eigenvalue weighted by atomic mass is 10.4. The van der Waals surface area contributed by atoms with Gasteiger partial charge in [-0.2, -0.15) is 0 Å². The number of thiol groups is 1. The highest BCUT2D eigenvalue weighted by Gasteiger charge is 2.08. The maximum absolute atomic E-state index is 4.74. The van der Waals surface area contributed by atoms with Crippen molar-refractivity contribution in [2.24, 2.45) is 0 Å². The Hall–Kier alpha value is -0.0851. The fourth-order valence-corrected chi connectivity index (χ4v) is 0.449. The van der Waals surface area contributed by atoms with Crippen LogP contribution in [0.4, 0.5) is 0 Å². The van der Waals surface area contributed by atoms with Crippen molar-refractivity contribution < 1.29 is 9.31 Å². The van der Waals surface area contributed by atoms with Gasteiger partial charge in [0.15, 0.2) is 0 Å². The number of hydrogen-bond donors (Lipinski definition) is 1. The molecule has 1 rings (SSSR count). The van der Waals surface area contributed by atoms with Gasteiger partial charge in [-0.3, -0.25) is 0 Å². The standard InChI is InChI=1S/C3H4BO2S/c7-2-3-1-5-4-6-3/h2,7H,1H2. The van der Waals surface area contributed by atoms with Crippen molar-refractivity contribution in [1.29, 1.82) is 0 Å². The quantitative estimate of drug-likeness (QED) is 0.362. The molecule has 7 heavy (non-hydrogen) atoms. The lowest BCUT2D eigenvalue weighted by Crippen LogP contribution is -1.83. The minimum Gasteiger partial charge on any atom is -0.538 e. The van der Waals surface area contributed by atoms with Crippen LogP contribution in [0.25, 0.3) is 0 Å². The Morgan fingerprint density at radius 1 is 1.86 bits per heavy atom. The average Bonchev–Trinajstić information content (AvgIpc) is 2.14. The predicted octanol–water partition coefficient (Wildman–Crippen LogP) is 0.339. The van der Waals surface area contributed by atoms with Gasteiger partial charge in [-0.25, -0.2) is 0 Å². The first-order valence-electron chi connectivity index (χ1n) is 1.86. The largest absolute Gasteiger partial charge is 0.572 e. The highest BCUT2D eigenvalue weighted by molar-refractivity contribution is 7.83. The molecule has 1 heterocycles. The van der Waals surface area contributed by atoms with Gasteiger partial charge in [-0.05, 0) is 0 Å². The van der Waals surface area contributed by atoms with E-state index in [0.29, 0.717) is 6.61 Å². The summed E-state index contributed by atoms with van der Waals surface area (Å²) in [5.41, 5.74) is 0. The molecule has 1 aliphatic heterocycles. The van der Waals surface area contributed by atoms with Crippen molar-refractivity contribution in [2.45, 2.75) is 0 Å². The molecule has 1 radical (unpaired) electrons. The Kier molecular flexibility index (Phi) is 1.65. The molecule has 4 heteroatoms. The van der Waals surface area contributed by atoms with Crippen molar-refractivity contribution in [3.63, 3.8) is 0 Å². The summed E-state index contributed by atoms with van der Waals surface area (Å²) >= 11 is 3.83. The van der Waals surface area contributed by atoms with Crippen molar-refractivity contribution in [1.82, 2.24) is 0 Å². The van der Waals surface area contributed by atoms with E-state index in [1.165, 1.54) is 7.69 Å². The molecule has 2 nitrogen and oxygen atoms in total. The third-order valence-electron chi connectivity index (χ3n) is 0.637. The van der Waals surface area contributed by atoms with Gasteiger partial charge >= 0.3 is 7.69 Å². The first-order valence-corrected chi connectivity index (χ1v) is 2.38. The highest BCUT2D eigenvalue weighted by Crippen LogP contribution is 2.04.